The molecule has 0 heterocycles. The normalized spacial score (nSPS) is 14.4. The van der Waals surface area contributed by atoms with E-state index < -0.39 is 34.3 Å². The number of para-hydroxylation sites is 1. The standard InChI is InChI=1S/C33H40FN3O6S/c1-4-29(33(39)35-26-11-7-5-8-12-26)36(22-24-15-17-25(34)18-16-24)32(38)23-37(27-13-9-6-10-14-27)44(40,41)28-19-20-30(42-2)31(21-28)43-3/h6,9-10,13-21,26,29H,4-5,7-8,11-12,22-23H2,1-3H3,(H,35,39)/t29-/m1/s1. The van der Waals surface area contributed by atoms with Gasteiger partial charge in [0.25, 0.3) is 10.0 Å². The van der Waals surface area contributed by atoms with Crippen LogP contribution in [0.5, 0.6) is 11.5 Å². The van der Waals surface area contributed by atoms with Gasteiger partial charge in [0.2, 0.25) is 11.8 Å². The van der Waals surface area contributed by atoms with Crippen molar-refractivity contribution in [1.82, 2.24) is 10.2 Å². The highest BCUT2D eigenvalue weighted by Crippen LogP contribution is 2.32. The minimum absolute atomic E-state index is 0.00522. The molecule has 0 saturated heterocycles. The summed E-state index contributed by atoms with van der Waals surface area (Å²) in [5, 5.41) is 3.11. The quantitative estimate of drug-likeness (QED) is 0.277. The summed E-state index contributed by atoms with van der Waals surface area (Å²) in [5.74, 6) is -0.716. The Morgan fingerprint density at radius 1 is 0.932 bits per heavy atom. The van der Waals surface area contributed by atoms with Gasteiger partial charge in [-0.15, -0.1) is 0 Å². The molecule has 1 aliphatic carbocycles. The molecule has 9 nitrogen and oxygen atoms in total. The lowest BCUT2D eigenvalue weighted by Gasteiger charge is -2.34. The summed E-state index contributed by atoms with van der Waals surface area (Å²) in [6.45, 7) is 1.23. The number of halogens is 1. The van der Waals surface area contributed by atoms with Crippen LogP contribution >= 0.6 is 0 Å². The van der Waals surface area contributed by atoms with Gasteiger partial charge >= 0.3 is 0 Å². The molecule has 0 bridgehead atoms. The lowest BCUT2D eigenvalue weighted by atomic mass is 9.95. The molecular weight excluding hydrogens is 585 g/mol. The van der Waals surface area contributed by atoms with Gasteiger partial charge in [0.1, 0.15) is 18.4 Å². The van der Waals surface area contributed by atoms with Gasteiger partial charge in [-0.2, -0.15) is 0 Å². The lowest BCUT2D eigenvalue weighted by Crippen LogP contribution is -2.54. The summed E-state index contributed by atoms with van der Waals surface area (Å²) in [6, 6.07) is 17.4. The fourth-order valence-electron chi connectivity index (χ4n) is 5.48. The molecule has 2 amide bonds. The summed E-state index contributed by atoms with van der Waals surface area (Å²) in [7, 11) is -1.44. The van der Waals surface area contributed by atoms with Crippen molar-refractivity contribution >= 4 is 27.5 Å². The largest absolute Gasteiger partial charge is 0.493 e. The smallest absolute Gasteiger partial charge is 0.264 e. The molecule has 1 N–H and O–H groups in total. The van der Waals surface area contributed by atoms with Crippen molar-refractivity contribution in [2.75, 3.05) is 25.1 Å². The molecule has 1 atom stereocenters. The minimum Gasteiger partial charge on any atom is -0.493 e. The first-order valence-electron chi connectivity index (χ1n) is 14.8. The lowest BCUT2D eigenvalue weighted by molar-refractivity contribution is -0.140. The predicted octanol–water partition coefficient (Wildman–Crippen LogP) is 5.29. The van der Waals surface area contributed by atoms with E-state index in [0.29, 0.717) is 17.7 Å². The number of carbonyl (C=O) groups excluding carboxylic acids is 2. The third kappa shape index (κ3) is 7.88. The minimum atomic E-state index is -4.29. The van der Waals surface area contributed by atoms with Crippen LogP contribution in [0.4, 0.5) is 10.1 Å². The fraction of sp³-hybridized carbons (Fsp3) is 0.394. The van der Waals surface area contributed by atoms with Gasteiger partial charge in [-0.25, -0.2) is 12.8 Å². The Kier molecular flexibility index (Phi) is 11.2. The van der Waals surface area contributed by atoms with Crippen LogP contribution in [0.15, 0.2) is 77.7 Å². The predicted molar refractivity (Wildman–Crippen MR) is 167 cm³/mol. The SMILES string of the molecule is CC[C@H](C(=O)NC1CCCCC1)N(Cc1ccc(F)cc1)C(=O)CN(c1ccccc1)S(=O)(=O)c1ccc(OC)c(OC)c1. The second-order valence-electron chi connectivity index (χ2n) is 10.8. The van der Waals surface area contributed by atoms with Crippen molar-refractivity contribution in [3.05, 3.63) is 84.2 Å². The number of sulfonamides is 1. The number of amides is 2. The van der Waals surface area contributed by atoms with Crippen molar-refractivity contribution in [3.8, 4) is 11.5 Å². The van der Waals surface area contributed by atoms with Crippen molar-refractivity contribution < 1.29 is 31.9 Å². The Labute approximate surface area is 259 Å². The zero-order chi connectivity index (χ0) is 31.7. The Bertz CT molecular complexity index is 1510. The molecule has 1 saturated carbocycles. The molecule has 3 aromatic rings. The number of anilines is 1. The third-order valence-electron chi connectivity index (χ3n) is 7.87. The number of nitrogens with one attached hydrogen (secondary N) is 1. The molecule has 0 aliphatic heterocycles. The average Bonchev–Trinajstić information content (AvgIpc) is 3.04. The summed E-state index contributed by atoms with van der Waals surface area (Å²) >= 11 is 0. The third-order valence-corrected chi connectivity index (χ3v) is 9.64. The second-order valence-corrected chi connectivity index (χ2v) is 12.6. The number of rotatable bonds is 13. The molecular formula is C33H40FN3O6S. The van der Waals surface area contributed by atoms with E-state index in [9.17, 15) is 22.4 Å². The number of carbonyl (C=O) groups is 2. The maximum absolute atomic E-state index is 14.2. The van der Waals surface area contributed by atoms with Crippen LogP contribution in [0.25, 0.3) is 0 Å². The summed E-state index contributed by atoms with van der Waals surface area (Å²) in [6.07, 6.45) is 5.24. The molecule has 236 valence electrons. The number of methoxy groups -OCH3 is 2. The molecule has 0 spiro atoms. The topological polar surface area (TPSA) is 105 Å². The van der Waals surface area contributed by atoms with Crippen LogP contribution in [0.3, 0.4) is 0 Å². The number of benzene rings is 3. The fourth-order valence-corrected chi connectivity index (χ4v) is 6.91. The Balaban J connectivity index is 1.71. The highest BCUT2D eigenvalue weighted by atomic mass is 32.2. The molecule has 3 aromatic carbocycles. The van der Waals surface area contributed by atoms with E-state index in [2.05, 4.69) is 5.32 Å². The van der Waals surface area contributed by atoms with Gasteiger partial charge < -0.3 is 19.7 Å². The summed E-state index contributed by atoms with van der Waals surface area (Å²) < 4.78 is 53.6. The van der Waals surface area contributed by atoms with Gasteiger partial charge in [0.15, 0.2) is 11.5 Å². The van der Waals surface area contributed by atoms with Crippen LogP contribution < -0.4 is 19.1 Å². The molecule has 1 fully saturated rings. The van der Waals surface area contributed by atoms with Gasteiger partial charge in [0.05, 0.1) is 24.8 Å². The number of ether oxygens (including phenoxy) is 2. The molecule has 1 aliphatic rings. The van der Waals surface area contributed by atoms with E-state index in [1.165, 1.54) is 49.5 Å². The second kappa shape index (κ2) is 15.1. The zero-order valence-electron chi connectivity index (χ0n) is 25.4. The van der Waals surface area contributed by atoms with Crippen LogP contribution in [-0.4, -0.2) is 58.0 Å². The van der Waals surface area contributed by atoms with E-state index >= 15 is 0 Å². The van der Waals surface area contributed by atoms with Crippen molar-refractivity contribution in [2.45, 2.75) is 69.0 Å². The van der Waals surface area contributed by atoms with Gasteiger partial charge in [0, 0.05) is 18.7 Å². The Morgan fingerprint density at radius 3 is 2.20 bits per heavy atom. The maximum atomic E-state index is 14.2. The van der Waals surface area contributed by atoms with Crippen LogP contribution in [0.1, 0.15) is 51.0 Å². The average molecular weight is 626 g/mol. The highest BCUT2D eigenvalue weighted by molar-refractivity contribution is 7.92. The van der Waals surface area contributed by atoms with Crippen molar-refractivity contribution in [2.24, 2.45) is 0 Å². The van der Waals surface area contributed by atoms with E-state index in [-0.39, 0.29) is 34.8 Å². The van der Waals surface area contributed by atoms with Crippen molar-refractivity contribution in [1.29, 1.82) is 0 Å². The first kappa shape index (κ1) is 32.8. The monoisotopic (exact) mass is 625 g/mol. The molecule has 0 unspecified atom stereocenters. The molecule has 11 heteroatoms. The Hall–Kier alpha value is -4.12. The van der Waals surface area contributed by atoms with Crippen LogP contribution in [-0.2, 0) is 26.2 Å². The highest BCUT2D eigenvalue weighted by Gasteiger charge is 2.34. The van der Waals surface area contributed by atoms with E-state index in [1.807, 2.05) is 6.92 Å². The number of hydrogen-bond acceptors (Lipinski definition) is 6. The van der Waals surface area contributed by atoms with E-state index in [4.69, 9.17) is 9.47 Å². The maximum Gasteiger partial charge on any atom is 0.264 e. The number of nitrogens with zero attached hydrogens (tertiary/aromatic N) is 2. The Morgan fingerprint density at radius 2 is 1.59 bits per heavy atom. The summed E-state index contributed by atoms with van der Waals surface area (Å²) in [5.41, 5.74) is 0.884. The van der Waals surface area contributed by atoms with E-state index in [1.54, 1.807) is 42.5 Å². The molecule has 0 radical (unpaired) electrons. The number of hydrogen-bond donors (Lipinski definition) is 1. The van der Waals surface area contributed by atoms with Gasteiger partial charge in [-0.3, -0.25) is 13.9 Å². The summed E-state index contributed by atoms with van der Waals surface area (Å²) in [4.78, 5) is 29.1. The van der Waals surface area contributed by atoms with Crippen molar-refractivity contribution in [3.63, 3.8) is 0 Å². The van der Waals surface area contributed by atoms with Crippen LogP contribution in [0, 0.1) is 5.82 Å². The first-order chi connectivity index (χ1) is 21.2. The molecule has 44 heavy (non-hydrogen) atoms. The van der Waals surface area contributed by atoms with Gasteiger partial charge in [-0.1, -0.05) is 56.5 Å². The molecule has 4 rings (SSSR count). The van der Waals surface area contributed by atoms with Gasteiger partial charge in [-0.05, 0) is 61.2 Å². The first-order valence-corrected chi connectivity index (χ1v) is 16.3. The zero-order valence-corrected chi connectivity index (χ0v) is 26.2. The van der Waals surface area contributed by atoms with E-state index in [0.717, 1.165) is 36.4 Å². The molecule has 0 aromatic heterocycles. The van der Waals surface area contributed by atoms with Crippen LogP contribution in [0.2, 0.25) is 0 Å².